The molecule has 0 saturated carbocycles. The fourth-order valence-corrected chi connectivity index (χ4v) is 1.24. The molecule has 12 heavy (non-hydrogen) atoms. The molecule has 0 aliphatic carbocycles. The second-order valence-corrected chi connectivity index (χ2v) is 3.16. The number of rotatable bonds is 2. The number of esters is 1. The molecule has 2 saturated heterocycles. The van der Waals surface area contributed by atoms with Crippen molar-refractivity contribution in [1.29, 1.82) is 0 Å². The Kier molecular flexibility index (Phi) is 2.28. The van der Waals surface area contributed by atoms with Crippen LogP contribution < -0.4 is 0 Å². The SMILES string of the molecule is O=C(O[C@@H]1CCOC1)C1COC1. The third-order valence-electron chi connectivity index (χ3n) is 2.14. The molecule has 0 spiro atoms. The van der Waals surface area contributed by atoms with E-state index in [9.17, 15) is 4.79 Å². The maximum atomic E-state index is 11.2. The first-order valence-corrected chi connectivity index (χ1v) is 4.22. The lowest BCUT2D eigenvalue weighted by Crippen LogP contribution is -2.37. The van der Waals surface area contributed by atoms with Crippen molar-refractivity contribution < 1.29 is 19.0 Å². The van der Waals surface area contributed by atoms with Crippen LogP contribution in [0.4, 0.5) is 0 Å². The van der Waals surface area contributed by atoms with Crippen LogP contribution in [0.1, 0.15) is 6.42 Å². The fourth-order valence-electron chi connectivity index (χ4n) is 1.24. The minimum absolute atomic E-state index is 0.0156. The van der Waals surface area contributed by atoms with Crippen LogP contribution in [0.2, 0.25) is 0 Å². The smallest absolute Gasteiger partial charge is 0.314 e. The lowest BCUT2D eigenvalue weighted by atomic mass is 10.1. The molecule has 4 nitrogen and oxygen atoms in total. The van der Waals surface area contributed by atoms with Gasteiger partial charge in [0.15, 0.2) is 0 Å². The highest BCUT2D eigenvalue weighted by Crippen LogP contribution is 2.15. The van der Waals surface area contributed by atoms with Crippen molar-refractivity contribution in [3.63, 3.8) is 0 Å². The first kappa shape index (κ1) is 8.01. The van der Waals surface area contributed by atoms with Crippen molar-refractivity contribution in [3.8, 4) is 0 Å². The molecule has 68 valence electrons. The Labute approximate surface area is 70.8 Å². The largest absolute Gasteiger partial charge is 0.459 e. The van der Waals surface area contributed by atoms with Gasteiger partial charge in [0.05, 0.1) is 26.4 Å². The van der Waals surface area contributed by atoms with E-state index in [1.165, 1.54) is 0 Å². The summed E-state index contributed by atoms with van der Waals surface area (Å²) in [5, 5.41) is 0. The van der Waals surface area contributed by atoms with Crippen LogP contribution in [0.15, 0.2) is 0 Å². The van der Waals surface area contributed by atoms with Crippen LogP contribution in [0.5, 0.6) is 0 Å². The highest BCUT2D eigenvalue weighted by Gasteiger charge is 2.30. The topological polar surface area (TPSA) is 44.8 Å². The molecule has 0 unspecified atom stereocenters. The minimum Gasteiger partial charge on any atom is -0.459 e. The Hall–Kier alpha value is -0.610. The van der Waals surface area contributed by atoms with E-state index in [-0.39, 0.29) is 18.0 Å². The molecule has 2 heterocycles. The first-order valence-electron chi connectivity index (χ1n) is 4.22. The van der Waals surface area contributed by atoms with Crippen LogP contribution in [0.3, 0.4) is 0 Å². The Bertz CT molecular complexity index is 170. The summed E-state index contributed by atoms with van der Waals surface area (Å²) in [6, 6.07) is 0. The zero-order chi connectivity index (χ0) is 8.39. The van der Waals surface area contributed by atoms with Gasteiger partial charge in [0.2, 0.25) is 0 Å². The van der Waals surface area contributed by atoms with Crippen molar-refractivity contribution in [1.82, 2.24) is 0 Å². The van der Waals surface area contributed by atoms with E-state index >= 15 is 0 Å². The Morgan fingerprint density at radius 1 is 1.25 bits per heavy atom. The number of hydrogen-bond acceptors (Lipinski definition) is 4. The minimum atomic E-state index is -0.128. The van der Waals surface area contributed by atoms with E-state index in [4.69, 9.17) is 14.2 Å². The van der Waals surface area contributed by atoms with Crippen LogP contribution in [-0.2, 0) is 19.0 Å². The molecule has 0 N–H and O–H groups in total. The van der Waals surface area contributed by atoms with Gasteiger partial charge in [0.25, 0.3) is 0 Å². The molecule has 0 bridgehead atoms. The fraction of sp³-hybridized carbons (Fsp3) is 0.875. The van der Waals surface area contributed by atoms with Crippen molar-refractivity contribution in [2.75, 3.05) is 26.4 Å². The van der Waals surface area contributed by atoms with E-state index in [1.54, 1.807) is 0 Å². The lowest BCUT2D eigenvalue weighted by molar-refractivity contribution is -0.168. The normalized spacial score (nSPS) is 29.8. The molecular formula is C8H12O4. The summed E-state index contributed by atoms with van der Waals surface area (Å²) in [5.41, 5.74) is 0. The van der Waals surface area contributed by atoms with Crippen molar-refractivity contribution >= 4 is 5.97 Å². The Morgan fingerprint density at radius 2 is 2.08 bits per heavy atom. The van der Waals surface area contributed by atoms with Crippen molar-refractivity contribution in [2.45, 2.75) is 12.5 Å². The number of carbonyl (C=O) groups excluding carboxylic acids is 1. The van der Waals surface area contributed by atoms with E-state index in [1.807, 2.05) is 0 Å². The van der Waals surface area contributed by atoms with Gasteiger partial charge in [-0.2, -0.15) is 0 Å². The standard InChI is InChI=1S/C8H12O4/c9-8(6-3-11-4-6)12-7-1-2-10-5-7/h6-7H,1-5H2/t7-/m1/s1. The number of carbonyl (C=O) groups is 1. The van der Waals surface area contributed by atoms with Gasteiger partial charge < -0.3 is 14.2 Å². The summed E-state index contributed by atoms with van der Waals surface area (Å²) in [6.45, 7) is 2.30. The maximum absolute atomic E-state index is 11.2. The molecule has 2 rings (SSSR count). The number of hydrogen-bond donors (Lipinski definition) is 0. The molecule has 0 aromatic heterocycles. The molecule has 0 aromatic rings. The summed E-state index contributed by atoms with van der Waals surface area (Å²) in [5.74, 6) is -0.151. The zero-order valence-corrected chi connectivity index (χ0v) is 6.82. The monoisotopic (exact) mass is 172 g/mol. The third kappa shape index (κ3) is 1.59. The summed E-state index contributed by atoms with van der Waals surface area (Å²) in [7, 11) is 0. The van der Waals surface area contributed by atoms with Crippen LogP contribution in [0.25, 0.3) is 0 Å². The van der Waals surface area contributed by atoms with Gasteiger partial charge >= 0.3 is 5.97 Å². The number of ether oxygens (including phenoxy) is 3. The quantitative estimate of drug-likeness (QED) is 0.548. The van der Waals surface area contributed by atoms with Gasteiger partial charge in [-0.3, -0.25) is 4.79 Å². The molecule has 2 aliphatic rings. The zero-order valence-electron chi connectivity index (χ0n) is 6.82. The van der Waals surface area contributed by atoms with Gasteiger partial charge in [-0.15, -0.1) is 0 Å². The van der Waals surface area contributed by atoms with Gasteiger partial charge in [-0.25, -0.2) is 0 Å². The Morgan fingerprint density at radius 3 is 2.58 bits per heavy atom. The summed E-state index contributed by atoms with van der Waals surface area (Å²) in [6.07, 6.45) is 0.817. The molecule has 4 heteroatoms. The molecule has 0 radical (unpaired) electrons. The van der Waals surface area contributed by atoms with E-state index in [0.29, 0.717) is 26.4 Å². The van der Waals surface area contributed by atoms with Crippen LogP contribution in [-0.4, -0.2) is 38.5 Å². The summed E-state index contributed by atoms with van der Waals surface area (Å²) < 4.78 is 15.1. The van der Waals surface area contributed by atoms with Gasteiger partial charge in [0.1, 0.15) is 12.0 Å². The average Bonchev–Trinajstić information content (AvgIpc) is 2.34. The molecule has 0 aromatic carbocycles. The van der Waals surface area contributed by atoms with Gasteiger partial charge in [0, 0.05) is 6.42 Å². The van der Waals surface area contributed by atoms with Crippen LogP contribution >= 0.6 is 0 Å². The predicted molar refractivity (Wildman–Crippen MR) is 39.6 cm³/mol. The second kappa shape index (κ2) is 3.41. The average molecular weight is 172 g/mol. The molecule has 0 amide bonds. The lowest BCUT2D eigenvalue weighted by Gasteiger charge is -2.25. The summed E-state index contributed by atoms with van der Waals surface area (Å²) >= 11 is 0. The van der Waals surface area contributed by atoms with Crippen molar-refractivity contribution in [3.05, 3.63) is 0 Å². The van der Waals surface area contributed by atoms with E-state index < -0.39 is 0 Å². The third-order valence-corrected chi connectivity index (χ3v) is 2.14. The van der Waals surface area contributed by atoms with E-state index in [2.05, 4.69) is 0 Å². The highest BCUT2D eigenvalue weighted by molar-refractivity contribution is 5.73. The molecule has 2 fully saturated rings. The maximum Gasteiger partial charge on any atom is 0.314 e. The molecule has 2 aliphatic heterocycles. The Balaban J connectivity index is 1.73. The van der Waals surface area contributed by atoms with Gasteiger partial charge in [-0.1, -0.05) is 0 Å². The van der Waals surface area contributed by atoms with Crippen molar-refractivity contribution in [2.24, 2.45) is 5.92 Å². The summed E-state index contributed by atoms with van der Waals surface area (Å²) in [4.78, 5) is 11.2. The predicted octanol–water partition coefficient (Wildman–Crippen LogP) is -0.0351. The molecular weight excluding hydrogens is 160 g/mol. The first-order chi connectivity index (χ1) is 5.86. The highest BCUT2D eigenvalue weighted by atomic mass is 16.6. The molecule has 1 atom stereocenters. The van der Waals surface area contributed by atoms with Gasteiger partial charge in [-0.05, 0) is 0 Å². The second-order valence-electron chi connectivity index (χ2n) is 3.16. The van der Waals surface area contributed by atoms with E-state index in [0.717, 1.165) is 6.42 Å². The van der Waals surface area contributed by atoms with Crippen LogP contribution in [0, 0.1) is 5.92 Å².